The van der Waals surface area contributed by atoms with Gasteiger partial charge in [-0.2, -0.15) is 0 Å². The van der Waals surface area contributed by atoms with Crippen LogP contribution < -0.4 is 10.1 Å². The van der Waals surface area contributed by atoms with Gasteiger partial charge in [-0.3, -0.25) is 14.2 Å². The molecule has 1 amide bonds. The molecule has 2 aromatic carbocycles. The van der Waals surface area contributed by atoms with Gasteiger partial charge in [0.2, 0.25) is 5.91 Å². The molecule has 3 aromatic heterocycles. The third-order valence-corrected chi connectivity index (χ3v) is 5.66. The SMILES string of the molecule is CCCC(=O)Nc1ccc2nc(-c3ccccn3)c(-c3ccc(OCc4ccccc4)cc3)n2c1. The van der Waals surface area contributed by atoms with Crippen molar-refractivity contribution in [3.8, 4) is 28.4 Å². The van der Waals surface area contributed by atoms with Crippen molar-refractivity contribution < 1.29 is 9.53 Å². The van der Waals surface area contributed by atoms with Crippen LogP contribution in [0.5, 0.6) is 5.75 Å². The summed E-state index contributed by atoms with van der Waals surface area (Å²) in [5.74, 6) is 0.789. The minimum absolute atomic E-state index is 0.00150. The maximum absolute atomic E-state index is 12.2. The van der Waals surface area contributed by atoms with Gasteiger partial charge in [0.05, 0.1) is 17.1 Å². The molecule has 0 unspecified atom stereocenters. The number of carbonyl (C=O) groups excluding carboxylic acids is 1. The lowest BCUT2D eigenvalue weighted by Gasteiger charge is -2.10. The van der Waals surface area contributed by atoms with Crippen LogP contribution in [0.1, 0.15) is 25.3 Å². The Morgan fingerprint density at radius 3 is 2.49 bits per heavy atom. The average Bonchev–Trinajstić information content (AvgIpc) is 3.28. The number of imidazole rings is 1. The zero-order valence-electron chi connectivity index (χ0n) is 19.5. The van der Waals surface area contributed by atoms with Gasteiger partial charge in [0.1, 0.15) is 23.7 Å². The second-order valence-electron chi connectivity index (χ2n) is 8.27. The summed E-state index contributed by atoms with van der Waals surface area (Å²) in [4.78, 5) is 21.6. The Labute approximate surface area is 204 Å². The first-order chi connectivity index (χ1) is 17.2. The summed E-state index contributed by atoms with van der Waals surface area (Å²) < 4.78 is 7.98. The van der Waals surface area contributed by atoms with E-state index in [0.29, 0.717) is 13.0 Å². The highest BCUT2D eigenvalue weighted by Crippen LogP contribution is 2.33. The van der Waals surface area contributed by atoms with Crippen LogP contribution >= 0.6 is 0 Å². The van der Waals surface area contributed by atoms with Crippen LogP contribution in [-0.2, 0) is 11.4 Å². The van der Waals surface area contributed by atoms with Crippen LogP contribution in [0.4, 0.5) is 5.69 Å². The fourth-order valence-corrected chi connectivity index (χ4v) is 3.98. The van der Waals surface area contributed by atoms with E-state index in [0.717, 1.165) is 51.7 Å². The predicted molar refractivity (Wildman–Crippen MR) is 138 cm³/mol. The highest BCUT2D eigenvalue weighted by Gasteiger charge is 2.17. The number of anilines is 1. The summed E-state index contributed by atoms with van der Waals surface area (Å²) in [6.07, 6.45) is 4.96. The van der Waals surface area contributed by atoms with Crippen LogP contribution in [0.15, 0.2) is 97.3 Å². The van der Waals surface area contributed by atoms with Crippen LogP contribution in [0.2, 0.25) is 0 Å². The fraction of sp³-hybridized carbons (Fsp3) is 0.138. The fourth-order valence-electron chi connectivity index (χ4n) is 3.98. The van der Waals surface area contributed by atoms with Gasteiger partial charge < -0.3 is 10.1 Å². The van der Waals surface area contributed by atoms with Gasteiger partial charge in [0.25, 0.3) is 0 Å². The second-order valence-corrected chi connectivity index (χ2v) is 8.27. The van der Waals surface area contributed by atoms with E-state index in [-0.39, 0.29) is 5.91 Å². The number of carbonyl (C=O) groups is 1. The Morgan fingerprint density at radius 2 is 1.74 bits per heavy atom. The Balaban J connectivity index is 1.51. The van der Waals surface area contributed by atoms with Gasteiger partial charge in [-0.25, -0.2) is 4.98 Å². The van der Waals surface area contributed by atoms with E-state index in [1.54, 1.807) is 6.20 Å². The molecule has 6 nitrogen and oxygen atoms in total. The molecule has 6 heteroatoms. The number of pyridine rings is 2. The largest absolute Gasteiger partial charge is 0.489 e. The third kappa shape index (κ3) is 5.06. The van der Waals surface area contributed by atoms with Gasteiger partial charge in [-0.05, 0) is 60.5 Å². The van der Waals surface area contributed by atoms with Crippen molar-refractivity contribution in [3.05, 3.63) is 103 Å². The maximum Gasteiger partial charge on any atom is 0.224 e. The zero-order valence-corrected chi connectivity index (χ0v) is 19.5. The van der Waals surface area contributed by atoms with Crippen molar-refractivity contribution in [3.63, 3.8) is 0 Å². The predicted octanol–water partition coefficient (Wildman–Crippen LogP) is 6.38. The van der Waals surface area contributed by atoms with Crippen molar-refractivity contribution >= 4 is 17.2 Å². The molecule has 5 aromatic rings. The summed E-state index contributed by atoms with van der Waals surface area (Å²) in [6.45, 7) is 2.50. The highest BCUT2D eigenvalue weighted by molar-refractivity contribution is 5.91. The van der Waals surface area contributed by atoms with E-state index in [2.05, 4.69) is 10.3 Å². The van der Waals surface area contributed by atoms with Gasteiger partial charge in [-0.1, -0.05) is 43.3 Å². The maximum atomic E-state index is 12.2. The summed E-state index contributed by atoms with van der Waals surface area (Å²) in [7, 11) is 0. The topological polar surface area (TPSA) is 68.5 Å². The zero-order chi connectivity index (χ0) is 24.0. The quantitative estimate of drug-likeness (QED) is 0.290. The summed E-state index contributed by atoms with van der Waals surface area (Å²) in [5.41, 5.74) is 6.06. The molecule has 0 aliphatic carbocycles. The van der Waals surface area contributed by atoms with E-state index >= 15 is 0 Å². The summed E-state index contributed by atoms with van der Waals surface area (Å²) in [5, 5.41) is 2.98. The molecular formula is C29H26N4O2. The molecule has 0 atom stereocenters. The number of fused-ring (bicyclic) bond motifs is 1. The average molecular weight is 463 g/mol. The molecular weight excluding hydrogens is 436 g/mol. The Morgan fingerprint density at radius 1 is 0.943 bits per heavy atom. The molecule has 1 N–H and O–H groups in total. The number of nitrogens with zero attached hydrogens (tertiary/aromatic N) is 3. The molecule has 0 bridgehead atoms. The molecule has 3 heterocycles. The lowest BCUT2D eigenvalue weighted by molar-refractivity contribution is -0.116. The number of hydrogen-bond donors (Lipinski definition) is 1. The lowest BCUT2D eigenvalue weighted by atomic mass is 10.1. The summed E-state index contributed by atoms with van der Waals surface area (Å²) >= 11 is 0. The number of ether oxygens (including phenoxy) is 1. The van der Waals surface area contributed by atoms with E-state index < -0.39 is 0 Å². The van der Waals surface area contributed by atoms with E-state index in [1.807, 2.05) is 102 Å². The minimum atomic E-state index is -0.00150. The van der Waals surface area contributed by atoms with E-state index in [9.17, 15) is 4.79 Å². The first-order valence-corrected chi connectivity index (χ1v) is 11.7. The lowest BCUT2D eigenvalue weighted by Crippen LogP contribution is -2.11. The Kier molecular flexibility index (Phi) is 6.52. The molecule has 35 heavy (non-hydrogen) atoms. The Bertz CT molecular complexity index is 1430. The first-order valence-electron chi connectivity index (χ1n) is 11.7. The van der Waals surface area contributed by atoms with Crippen molar-refractivity contribution in [1.29, 1.82) is 0 Å². The number of nitrogens with one attached hydrogen (secondary N) is 1. The number of hydrogen-bond acceptors (Lipinski definition) is 4. The van der Waals surface area contributed by atoms with E-state index in [4.69, 9.17) is 9.72 Å². The standard InChI is InChI=1S/C29H26N4O2/c1-2-8-27(34)31-23-14-17-26-32-28(25-11-6-7-18-30-25)29(33(26)19-23)22-12-15-24(16-13-22)35-20-21-9-4-3-5-10-21/h3-7,9-19H,2,8,20H2,1H3,(H,31,34). The number of aromatic nitrogens is 3. The number of benzene rings is 2. The van der Waals surface area contributed by atoms with Crippen molar-refractivity contribution in [2.75, 3.05) is 5.32 Å². The molecule has 0 saturated carbocycles. The minimum Gasteiger partial charge on any atom is -0.489 e. The van der Waals surface area contributed by atoms with Crippen LogP contribution in [0, 0.1) is 0 Å². The number of rotatable bonds is 8. The molecule has 5 rings (SSSR count). The molecule has 0 aliphatic heterocycles. The Hall–Kier alpha value is -4.45. The van der Waals surface area contributed by atoms with Crippen LogP contribution in [0.3, 0.4) is 0 Å². The molecule has 0 spiro atoms. The molecule has 0 saturated heterocycles. The third-order valence-electron chi connectivity index (χ3n) is 5.66. The van der Waals surface area contributed by atoms with Crippen molar-refractivity contribution in [2.45, 2.75) is 26.4 Å². The number of amides is 1. The molecule has 0 radical (unpaired) electrons. The van der Waals surface area contributed by atoms with Crippen LogP contribution in [-0.4, -0.2) is 20.3 Å². The van der Waals surface area contributed by atoms with Crippen molar-refractivity contribution in [1.82, 2.24) is 14.4 Å². The smallest absolute Gasteiger partial charge is 0.224 e. The van der Waals surface area contributed by atoms with Gasteiger partial charge in [-0.15, -0.1) is 0 Å². The second kappa shape index (κ2) is 10.2. The molecule has 174 valence electrons. The molecule has 0 fully saturated rings. The monoisotopic (exact) mass is 462 g/mol. The van der Waals surface area contributed by atoms with Gasteiger partial charge in [0.15, 0.2) is 0 Å². The normalized spacial score (nSPS) is 10.9. The van der Waals surface area contributed by atoms with E-state index in [1.165, 1.54) is 0 Å². The van der Waals surface area contributed by atoms with Gasteiger partial charge >= 0.3 is 0 Å². The van der Waals surface area contributed by atoms with Gasteiger partial charge in [0, 0.05) is 24.4 Å². The van der Waals surface area contributed by atoms with Crippen LogP contribution in [0.25, 0.3) is 28.3 Å². The van der Waals surface area contributed by atoms with Crippen molar-refractivity contribution in [2.24, 2.45) is 0 Å². The highest BCUT2D eigenvalue weighted by atomic mass is 16.5. The summed E-state index contributed by atoms with van der Waals surface area (Å²) in [6, 6.07) is 27.7. The first kappa shape index (κ1) is 22.3. The molecule has 0 aliphatic rings.